The molecule has 1 N–H and O–H groups in total. The van der Waals surface area contributed by atoms with Gasteiger partial charge in [-0.15, -0.1) is 0 Å². The van der Waals surface area contributed by atoms with Gasteiger partial charge in [0.2, 0.25) is 0 Å². The molecular weight excluding hydrogens is 206 g/mol. The Kier molecular flexibility index (Phi) is 3.35. The minimum Gasteiger partial charge on any atom is -0.385 e. The Labute approximate surface area is 105 Å². The van der Waals surface area contributed by atoms with Crippen molar-refractivity contribution >= 4 is 5.69 Å². The minimum atomic E-state index is 1.01. The van der Waals surface area contributed by atoms with E-state index in [9.17, 15) is 0 Å². The fourth-order valence-electron chi connectivity index (χ4n) is 3.33. The predicted molar refractivity (Wildman–Crippen MR) is 73.5 cm³/mol. The highest BCUT2D eigenvalue weighted by atomic mass is 14.9. The molecule has 1 aromatic carbocycles. The van der Waals surface area contributed by atoms with Gasteiger partial charge in [0.05, 0.1) is 0 Å². The largest absolute Gasteiger partial charge is 0.385 e. The number of benzene rings is 1. The number of hydrogen-bond donors (Lipinski definition) is 1. The molecule has 0 amide bonds. The van der Waals surface area contributed by atoms with E-state index >= 15 is 0 Å². The van der Waals surface area contributed by atoms with Gasteiger partial charge in [-0.25, -0.2) is 0 Å². The second-order valence-electron chi connectivity index (χ2n) is 5.71. The SMILES string of the molecule is c1cc2c(cc1CCC1CCCC1)NCCC2. The van der Waals surface area contributed by atoms with Gasteiger partial charge in [0.25, 0.3) is 0 Å². The summed E-state index contributed by atoms with van der Waals surface area (Å²) < 4.78 is 0. The molecule has 1 heterocycles. The lowest BCUT2D eigenvalue weighted by molar-refractivity contribution is 0.504. The van der Waals surface area contributed by atoms with Crippen molar-refractivity contribution in [1.82, 2.24) is 0 Å². The molecule has 0 bridgehead atoms. The fraction of sp³-hybridized carbons (Fsp3) is 0.625. The van der Waals surface area contributed by atoms with Crippen molar-refractivity contribution in [2.45, 2.75) is 51.4 Å². The number of rotatable bonds is 3. The van der Waals surface area contributed by atoms with Crippen molar-refractivity contribution in [3.63, 3.8) is 0 Å². The number of hydrogen-bond acceptors (Lipinski definition) is 1. The molecule has 0 aromatic heterocycles. The molecule has 1 aromatic rings. The summed E-state index contributed by atoms with van der Waals surface area (Å²) in [5, 5.41) is 3.53. The van der Waals surface area contributed by atoms with Crippen LogP contribution in [0.5, 0.6) is 0 Å². The highest BCUT2D eigenvalue weighted by molar-refractivity contribution is 5.54. The smallest absolute Gasteiger partial charge is 0.0375 e. The van der Waals surface area contributed by atoms with E-state index in [0.29, 0.717) is 0 Å². The van der Waals surface area contributed by atoms with Crippen molar-refractivity contribution in [2.24, 2.45) is 5.92 Å². The van der Waals surface area contributed by atoms with E-state index in [2.05, 4.69) is 23.5 Å². The third-order valence-corrected chi connectivity index (χ3v) is 4.43. The molecule has 92 valence electrons. The molecule has 1 nitrogen and oxygen atoms in total. The number of fused-ring (bicyclic) bond motifs is 1. The van der Waals surface area contributed by atoms with E-state index in [1.54, 1.807) is 0 Å². The van der Waals surface area contributed by atoms with Crippen molar-refractivity contribution in [3.8, 4) is 0 Å². The van der Waals surface area contributed by atoms with Gasteiger partial charge in [-0.2, -0.15) is 0 Å². The Morgan fingerprint density at radius 1 is 1.12 bits per heavy atom. The molecule has 0 atom stereocenters. The first-order chi connectivity index (χ1) is 8.42. The molecule has 1 fully saturated rings. The highest BCUT2D eigenvalue weighted by Gasteiger charge is 2.15. The minimum absolute atomic E-state index is 1.01. The predicted octanol–water partition coefficient (Wildman–Crippen LogP) is 4.17. The summed E-state index contributed by atoms with van der Waals surface area (Å²) in [6.07, 6.45) is 11.1. The molecule has 1 aliphatic heterocycles. The standard InChI is InChI=1S/C16H23N/c1-2-5-13(4-1)7-8-14-9-10-15-6-3-11-17-16(15)12-14/h9-10,12-13,17H,1-8,11H2. The van der Waals surface area contributed by atoms with E-state index < -0.39 is 0 Å². The van der Waals surface area contributed by atoms with Crippen molar-refractivity contribution in [3.05, 3.63) is 29.3 Å². The Hall–Kier alpha value is -0.980. The monoisotopic (exact) mass is 229 g/mol. The zero-order valence-corrected chi connectivity index (χ0v) is 10.7. The van der Waals surface area contributed by atoms with E-state index in [4.69, 9.17) is 0 Å². The first-order valence-electron chi connectivity index (χ1n) is 7.27. The molecule has 1 heteroatoms. The average Bonchev–Trinajstić information content (AvgIpc) is 2.89. The van der Waals surface area contributed by atoms with Crippen LogP contribution in [0.15, 0.2) is 18.2 Å². The van der Waals surface area contributed by atoms with Gasteiger partial charge in [0.1, 0.15) is 0 Å². The quantitative estimate of drug-likeness (QED) is 0.820. The van der Waals surface area contributed by atoms with Crippen LogP contribution in [-0.4, -0.2) is 6.54 Å². The summed E-state index contributed by atoms with van der Waals surface area (Å²) in [7, 11) is 0. The summed E-state index contributed by atoms with van der Waals surface area (Å²) >= 11 is 0. The third-order valence-electron chi connectivity index (χ3n) is 4.43. The Morgan fingerprint density at radius 3 is 2.88 bits per heavy atom. The fourth-order valence-corrected chi connectivity index (χ4v) is 3.33. The number of anilines is 1. The molecule has 0 saturated heterocycles. The molecule has 17 heavy (non-hydrogen) atoms. The van der Waals surface area contributed by atoms with Crippen LogP contribution in [0.3, 0.4) is 0 Å². The molecule has 0 unspecified atom stereocenters. The maximum atomic E-state index is 3.53. The lowest BCUT2D eigenvalue weighted by Crippen LogP contribution is -2.11. The van der Waals surface area contributed by atoms with Gasteiger partial charge < -0.3 is 5.32 Å². The van der Waals surface area contributed by atoms with Gasteiger partial charge in [-0.05, 0) is 48.8 Å². The second kappa shape index (κ2) is 5.12. The number of nitrogens with one attached hydrogen (secondary N) is 1. The van der Waals surface area contributed by atoms with Crippen LogP contribution in [0.25, 0.3) is 0 Å². The van der Waals surface area contributed by atoms with E-state index in [1.165, 1.54) is 68.2 Å². The first kappa shape index (κ1) is 11.1. The lowest BCUT2D eigenvalue weighted by atomic mass is 9.95. The topological polar surface area (TPSA) is 12.0 Å². The van der Waals surface area contributed by atoms with Gasteiger partial charge in [-0.3, -0.25) is 0 Å². The molecule has 3 rings (SSSR count). The van der Waals surface area contributed by atoms with Crippen molar-refractivity contribution < 1.29 is 0 Å². The van der Waals surface area contributed by atoms with Crippen LogP contribution in [-0.2, 0) is 12.8 Å². The van der Waals surface area contributed by atoms with Gasteiger partial charge in [0.15, 0.2) is 0 Å². The second-order valence-corrected chi connectivity index (χ2v) is 5.71. The zero-order valence-electron chi connectivity index (χ0n) is 10.7. The zero-order chi connectivity index (χ0) is 11.5. The van der Waals surface area contributed by atoms with Gasteiger partial charge in [0, 0.05) is 12.2 Å². The molecular formula is C16H23N. The molecule has 2 aliphatic rings. The van der Waals surface area contributed by atoms with Crippen molar-refractivity contribution in [1.29, 1.82) is 0 Å². The average molecular weight is 229 g/mol. The van der Waals surface area contributed by atoms with E-state index in [1.807, 2.05) is 0 Å². The molecule has 0 radical (unpaired) electrons. The van der Waals surface area contributed by atoms with Crippen LogP contribution in [0.2, 0.25) is 0 Å². The maximum absolute atomic E-state index is 3.53. The van der Waals surface area contributed by atoms with Crippen LogP contribution in [0.4, 0.5) is 5.69 Å². The van der Waals surface area contributed by atoms with Crippen LogP contribution in [0.1, 0.15) is 49.7 Å². The molecule has 1 saturated carbocycles. The summed E-state index contributed by atoms with van der Waals surface area (Å²) in [6.45, 7) is 1.15. The lowest BCUT2D eigenvalue weighted by Gasteiger charge is -2.19. The highest BCUT2D eigenvalue weighted by Crippen LogP contribution is 2.30. The summed E-state index contributed by atoms with van der Waals surface area (Å²) in [4.78, 5) is 0. The molecule has 0 spiro atoms. The first-order valence-corrected chi connectivity index (χ1v) is 7.27. The Bertz CT molecular complexity index is 377. The third kappa shape index (κ3) is 2.65. The van der Waals surface area contributed by atoms with Gasteiger partial charge >= 0.3 is 0 Å². The summed E-state index contributed by atoms with van der Waals surface area (Å²) in [6, 6.07) is 7.08. The maximum Gasteiger partial charge on any atom is 0.0375 e. The summed E-state index contributed by atoms with van der Waals surface area (Å²) in [5.74, 6) is 1.01. The van der Waals surface area contributed by atoms with Gasteiger partial charge in [-0.1, -0.05) is 37.8 Å². The Morgan fingerprint density at radius 2 is 2.00 bits per heavy atom. The normalized spacial score (nSPS) is 20.0. The molecule has 1 aliphatic carbocycles. The number of aryl methyl sites for hydroxylation is 2. The Balaban J connectivity index is 1.62. The van der Waals surface area contributed by atoms with E-state index in [-0.39, 0.29) is 0 Å². The summed E-state index contributed by atoms with van der Waals surface area (Å²) in [5.41, 5.74) is 4.45. The van der Waals surface area contributed by atoms with Crippen LogP contribution < -0.4 is 5.32 Å². The van der Waals surface area contributed by atoms with E-state index in [0.717, 1.165) is 12.5 Å². The van der Waals surface area contributed by atoms with Crippen molar-refractivity contribution in [2.75, 3.05) is 11.9 Å². The van der Waals surface area contributed by atoms with Crippen LogP contribution >= 0.6 is 0 Å². The van der Waals surface area contributed by atoms with Crippen LogP contribution in [0, 0.1) is 5.92 Å².